The van der Waals surface area contributed by atoms with Crippen molar-refractivity contribution in [3.63, 3.8) is 0 Å². The molecule has 0 aromatic heterocycles. The Labute approximate surface area is 124 Å². The van der Waals surface area contributed by atoms with Crippen molar-refractivity contribution in [3.05, 3.63) is 0 Å². The van der Waals surface area contributed by atoms with Crippen LogP contribution in [0.2, 0.25) is 0 Å². The van der Waals surface area contributed by atoms with E-state index < -0.39 is 0 Å². The van der Waals surface area contributed by atoms with E-state index in [9.17, 15) is 5.11 Å². The van der Waals surface area contributed by atoms with Crippen LogP contribution in [0.5, 0.6) is 0 Å². The first-order valence-electron chi connectivity index (χ1n) is 8.68. The minimum atomic E-state index is -0.142. The topological polar surface area (TPSA) is 29.5 Å². The van der Waals surface area contributed by atoms with Gasteiger partial charge in [-0.3, -0.25) is 0 Å². The maximum atomic E-state index is 10.2. The molecule has 3 aliphatic rings. The van der Waals surface area contributed by atoms with E-state index in [4.69, 9.17) is 4.74 Å². The van der Waals surface area contributed by atoms with Crippen molar-refractivity contribution in [1.82, 2.24) is 0 Å². The van der Waals surface area contributed by atoms with E-state index in [0.29, 0.717) is 22.9 Å². The predicted molar refractivity (Wildman–Crippen MR) is 81.5 cm³/mol. The van der Waals surface area contributed by atoms with Gasteiger partial charge in [0.15, 0.2) is 0 Å². The van der Waals surface area contributed by atoms with Gasteiger partial charge < -0.3 is 9.84 Å². The van der Waals surface area contributed by atoms with Gasteiger partial charge >= 0.3 is 0 Å². The van der Waals surface area contributed by atoms with E-state index in [-0.39, 0.29) is 6.10 Å². The molecule has 1 N–H and O–H groups in total. The molecule has 3 fully saturated rings. The second kappa shape index (κ2) is 4.98. The largest absolute Gasteiger partial charge is 0.393 e. The van der Waals surface area contributed by atoms with Crippen LogP contribution in [-0.4, -0.2) is 23.9 Å². The fraction of sp³-hybridized carbons (Fsp3) is 1.00. The molecule has 0 aromatic carbocycles. The minimum Gasteiger partial charge on any atom is -0.393 e. The first-order valence-corrected chi connectivity index (χ1v) is 8.68. The van der Waals surface area contributed by atoms with Crippen LogP contribution in [0.1, 0.15) is 66.2 Å². The number of aliphatic hydroxyl groups excluding tert-OH is 1. The van der Waals surface area contributed by atoms with Gasteiger partial charge in [0.25, 0.3) is 0 Å². The lowest BCUT2D eigenvalue weighted by molar-refractivity contribution is -0.0582. The second-order valence-electron chi connectivity index (χ2n) is 8.42. The molecule has 0 radical (unpaired) electrons. The summed E-state index contributed by atoms with van der Waals surface area (Å²) in [5.41, 5.74) is 0.970. The van der Waals surface area contributed by atoms with Gasteiger partial charge in [-0.15, -0.1) is 0 Å². The molecule has 0 heterocycles. The quantitative estimate of drug-likeness (QED) is 0.846. The minimum absolute atomic E-state index is 0.142. The van der Waals surface area contributed by atoms with Crippen LogP contribution in [0.3, 0.4) is 0 Å². The summed E-state index contributed by atoms with van der Waals surface area (Å²) in [5, 5.41) is 10.2. The van der Waals surface area contributed by atoms with Crippen molar-refractivity contribution in [2.45, 2.75) is 78.4 Å². The number of ether oxygens (including phenoxy) is 1. The van der Waals surface area contributed by atoms with Crippen LogP contribution >= 0.6 is 0 Å². The summed E-state index contributed by atoms with van der Waals surface area (Å²) in [5.74, 6) is 2.38. The molecule has 0 saturated heterocycles. The van der Waals surface area contributed by atoms with Crippen LogP contribution in [0.25, 0.3) is 0 Å². The maximum Gasteiger partial charge on any atom is 0.0602 e. The fourth-order valence-electron chi connectivity index (χ4n) is 5.96. The van der Waals surface area contributed by atoms with Gasteiger partial charge in [-0.1, -0.05) is 20.8 Å². The number of aliphatic hydroxyl groups is 1. The van der Waals surface area contributed by atoms with E-state index in [2.05, 4.69) is 27.7 Å². The van der Waals surface area contributed by atoms with E-state index >= 15 is 0 Å². The maximum absolute atomic E-state index is 10.2. The highest BCUT2D eigenvalue weighted by Crippen LogP contribution is 2.70. The Morgan fingerprint density at radius 1 is 1.10 bits per heavy atom. The highest BCUT2D eigenvalue weighted by Gasteiger charge is 2.62. The molecule has 2 nitrogen and oxygen atoms in total. The number of fused-ring (bicyclic) bond motifs is 2. The summed E-state index contributed by atoms with van der Waals surface area (Å²) < 4.78 is 5.85. The first-order chi connectivity index (χ1) is 9.38. The second-order valence-corrected chi connectivity index (χ2v) is 8.42. The van der Waals surface area contributed by atoms with Gasteiger partial charge in [0.2, 0.25) is 0 Å². The van der Waals surface area contributed by atoms with Gasteiger partial charge in [-0.2, -0.15) is 0 Å². The molecule has 3 unspecified atom stereocenters. The van der Waals surface area contributed by atoms with Crippen LogP contribution in [0.4, 0.5) is 0 Å². The molecule has 20 heavy (non-hydrogen) atoms. The number of hydrogen-bond acceptors (Lipinski definition) is 2. The molecule has 2 bridgehead atoms. The average Bonchev–Trinajstić information content (AvgIpc) is 2.70. The van der Waals surface area contributed by atoms with Gasteiger partial charge in [-0.25, -0.2) is 0 Å². The molecule has 0 spiro atoms. The van der Waals surface area contributed by atoms with Crippen molar-refractivity contribution in [2.75, 3.05) is 6.61 Å². The Morgan fingerprint density at radius 2 is 1.85 bits per heavy atom. The van der Waals surface area contributed by atoms with E-state index in [1.165, 1.54) is 25.7 Å². The van der Waals surface area contributed by atoms with Gasteiger partial charge in [-0.05, 0) is 74.0 Å². The Hall–Kier alpha value is -0.0800. The van der Waals surface area contributed by atoms with Crippen molar-refractivity contribution < 1.29 is 9.84 Å². The van der Waals surface area contributed by atoms with E-state index in [1.807, 2.05) is 0 Å². The predicted octanol–water partition coefficient (Wildman–Crippen LogP) is 4.01. The zero-order chi connectivity index (χ0) is 14.5. The van der Waals surface area contributed by atoms with Gasteiger partial charge in [0, 0.05) is 6.61 Å². The van der Waals surface area contributed by atoms with Gasteiger partial charge in [0.1, 0.15) is 0 Å². The highest BCUT2D eigenvalue weighted by molar-refractivity contribution is 5.11. The lowest BCUT2D eigenvalue weighted by atomic mass is 9.61. The Morgan fingerprint density at radius 3 is 2.40 bits per heavy atom. The van der Waals surface area contributed by atoms with Crippen LogP contribution in [0.15, 0.2) is 0 Å². The average molecular weight is 280 g/mol. The summed E-state index contributed by atoms with van der Waals surface area (Å²) in [4.78, 5) is 0. The molecular weight excluding hydrogens is 248 g/mol. The number of hydrogen-bond donors (Lipinski definition) is 1. The first kappa shape index (κ1) is 14.8. The monoisotopic (exact) mass is 280 g/mol. The SMILES string of the molecule is CCOC1CC(O)CC([C@H]2C[C@@H]3CC[C@@]2(C)C3(C)C)C1. The van der Waals surface area contributed by atoms with Crippen molar-refractivity contribution >= 4 is 0 Å². The molecule has 0 amide bonds. The summed E-state index contributed by atoms with van der Waals surface area (Å²) >= 11 is 0. The van der Waals surface area contributed by atoms with Crippen LogP contribution in [0, 0.1) is 28.6 Å². The van der Waals surface area contributed by atoms with E-state index in [1.54, 1.807) is 0 Å². The lowest BCUT2D eigenvalue weighted by Crippen LogP contribution is -2.41. The fourth-order valence-corrected chi connectivity index (χ4v) is 5.96. The Kier molecular flexibility index (Phi) is 3.70. The standard InChI is InChI=1S/C18H32O2/c1-5-20-15-9-12(8-14(19)11-15)16-10-13-6-7-18(16,4)17(13,2)3/h12-16,19H,5-11H2,1-4H3/t12?,13-,14?,15?,16+,18+/m0/s1. The summed E-state index contributed by atoms with van der Waals surface area (Å²) in [6, 6.07) is 0. The Balaban J connectivity index is 1.76. The molecule has 0 aliphatic heterocycles. The summed E-state index contributed by atoms with van der Waals surface area (Å²) in [7, 11) is 0. The normalized spacial score (nSPS) is 50.5. The third-order valence-corrected chi connectivity index (χ3v) is 7.51. The highest BCUT2D eigenvalue weighted by atomic mass is 16.5. The lowest BCUT2D eigenvalue weighted by Gasteiger charge is -2.46. The van der Waals surface area contributed by atoms with Crippen molar-refractivity contribution in [2.24, 2.45) is 28.6 Å². The molecule has 3 aliphatic carbocycles. The van der Waals surface area contributed by atoms with Gasteiger partial charge in [0.05, 0.1) is 12.2 Å². The number of rotatable bonds is 3. The molecule has 3 saturated carbocycles. The molecule has 2 heteroatoms. The van der Waals surface area contributed by atoms with Crippen molar-refractivity contribution in [1.29, 1.82) is 0 Å². The smallest absolute Gasteiger partial charge is 0.0602 e. The summed E-state index contributed by atoms with van der Waals surface area (Å²) in [6.07, 6.45) is 7.38. The van der Waals surface area contributed by atoms with Crippen LogP contribution in [-0.2, 0) is 4.74 Å². The molecule has 3 rings (SSSR count). The molecule has 116 valence electrons. The van der Waals surface area contributed by atoms with E-state index in [0.717, 1.165) is 31.3 Å². The zero-order valence-electron chi connectivity index (χ0n) is 13.7. The molecule has 0 aromatic rings. The Bertz CT molecular complexity index is 364. The third-order valence-electron chi connectivity index (χ3n) is 7.51. The zero-order valence-corrected chi connectivity index (χ0v) is 13.7. The molecule has 6 atom stereocenters. The third kappa shape index (κ3) is 2.06. The molecular formula is C18H32O2. The van der Waals surface area contributed by atoms with Crippen LogP contribution < -0.4 is 0 Å². The summed E-state index contributed by atoms with van der Waals surface area (Å²) in [6.45, 7) is 10.4. The van der Waals surface area contributed by atoms with Crippen molar-refractivity contribution in [3.8, 4) is 0 Å².